The van der Waals surface area contributed by atoms with Gasteiger partial charge in [0.05, 0.1) is 23.5 Å². The van der Waals surface area contributed by atoms with E-state index >= 15 is 0 Å². The van der Waals surface area contributed by atoms with Crippen LogP contribution in [0.25, 0.3) is 0 Å². The fraction of sp³-hybridized carbons (Fsp3) is 0.139. The molecule has 0 spiro atoms. The van der Waals surface area contributed by atoms with Crippen molar-refractivity contribution in [2.75, 3.05) is 13.1 Å². The molecule has 8 heteroatoms. The van der Waals surface area contributed by atoms with E-state index in [-0.39, 0.29) is 29.4 Å². The summed E-state index contributed by atoms with van der Waals surface area (Å²) in [4.78, 5) is 50.8. The maximum Gasteiger partial charge on any atom is 0.255 e. The summed E-state index contributed by atoms with van der Waals surface area (Å²) in [7, 11) is 0. The first-order valence-corrected chi connectivity index (χ1v) is 14.3. The normalized spacial score (nSPS) is 11.2. The second-order valence-corrected chi connectivity index (χ2v) is 10.2. The molecule has 0 aliphatic carbocycles. The summed E-state index contributed by atoms with van der Waals surface area (Å²) in [6.45, 7) is 0.491. The van der Waals surface area contributed by atoms with Crippen LogP contribution in [0.5, 0.6) is 0 Å². The summed E-state index contributed by atoms with van der Waals surface area (Å²) in [6, 6.07) is 33.0. The van der Waals surface area contributed by atoms with Crippen LogP contribution in [0.1, 0.15) is 54.7 Å². The maximum atomic E-state index is 14.5. The Morgan fingerprint density at radius 3 is 2.25 bits per heavy atom. The van der Waals surface area contributed by atoms with Crippen LogP contribution in [-0.4, -0.2) is 45.6 Å². The van der Waals surface area contributed by atoms with Gasteiger partial charge in [-0.05, 0) is 35.7 Å². The molecular formula is C36H31N5O3. The highest BCUT2D eigenvalue weighted by molar-refractivity contribution is 6.15. The Labute approximate surface area is 256 Å². The van der Waals surface area contributed by atoms with Crippen molar-refractivity contribution in [3.63, 3.8) is 0 Å². The molecule has 0 bridgehead atoms. The summed E-state index contributed by atoms with van der Waals surface area (Å²) < 4.78 is 0. The SMILES string of the molecule is N#Cc1cccc(C(C(=O)NCCc2ccccc2)N(CCc2cnc[nH]2)C(=O)c2ccccc2C(=O)c2ccccc2)c1. The topological polar surface area (TPSA) is 119 Å². The molecule has 5 aromatic rings. The third kappa shape index (κ3) is 7.15. The summed E-state index contributed by atoms with van der Waals surface area (Å²) in [5, 5.41) is 12.6. The highest BCUT2D eigenvalue weighted by atomic mass is 16.2. The highest BCUT2D eigenvalue weighted by Gasteiger charge is 2.33. The molecular weight excluding hydrogens is 550 g/mol. The van der Waals surface area contributed by atoms with Crippen molar-refractivity contribution in [2.24, 2.45) is 0 Å². The van der Waals surface area contributed by atoms with Crippen molar-refractivity contribution in [3.05, 3.63) is 161 Å². The lowest BCUT2D eigenvalue weighted by Gasteiger charge is -2.32. The second kappa shape index (κ2) is 14.4. The van der Waals surface area contributed by atoms with Gasteiger partial charge >= 0.3 is 0 Å². The van der Waals surface area contributed by atoms with Gasteiger partial charge in [-0.2, -0.15) is 5.26 Å². The van der Waals surface area contributed by atoms with E-state index in [2.05, 4.69) is 21.4 Å². The molecule has 4 aromatic carbocycles. The van der Waals surface area contributed by atoms with Crippen molar-refractivity contribution in [1.29, 1.82) is 5.26 Å². The summed E-state index contributed by atoms with van der Waals surface area (Å²) in [5.74, 6) is -1.16. The van der Waals surface area contributed by atoms with Gasteiger partial charge in [-0.1, -0.05) is 91.0 Å². The van der Waals surface area contributed by atoms with Crippen LogP contribution in [-0.2, 0) is 17.6 Å². The van der Waals surface area contributed by atoms with Crippen molar-refractivity contribution in [3.8, 4) is 6.07 Å². The van der Waals surface area contributed by atoms with Gasteiger partial charge in [0.15, 0.2) is 5.78 Å². The molecule has 0 fully saturated rings. The number of aromatic amines is 1. The molecule has 1 atom stereocenters. The Morgan fingerprint density at radius 2 is 1.55 bits per heavy atom. The minimum absolute atomic E-state index is 0.141. The molecule has 44 heavy (non-hydrogen) atoms. The number of H-pyrrole nitrogens is 1. The van der Waals surface area contributed by atoms with E-state index in [0.29, 0.717) is 36.1 Å². The molecule has 0 saturated carbocycles. The van der Waals surface area contributed by atoms with Crippen LogP contribution in [0.3, 0.4) is 0 Å². The number of carbonyl (C=O) groups excluding carboxylic acids is 3. The molecule has 2 N–H and O–H groups in total. The van der Waals surface area contributed by atoms with Crippen molar-refractivity contribution < 1.29 is 14.4 Å². The van der Waals surface area contributed by atoms with Crippen LogP contribution in [0.2, 0.25) is 0 Å². The number of imidazole rings is 1. The van der Waals surface area contributed by atoms with E-state index < -0.39 is 11.9 Å². The molecule has 0 aliphatic rings. The number of nitriles is 1. The maximum absolute atomic E-state index is 14.5. The van der Waals surface area contributed by atoms with Gasteiger partial charge in [0, 0.05) is 42.5 Å². The first-order valence-electron chi connectivity index (χ1n) is 14.3. The Balaban J connectivity index is 1.53. The van der Waals surface area contributed by atoms with Crippen molar-refractivity contribution >= 4 is 17.6 Å². The number of nitrogens with one attached hydrogen (secondary N) is 2. The molecule has 1 aromatic heterocycles. The molecule has 5 rings (SSSR count). The number of carbonyl (C=O) groups is 3. The fourth-order valence-electron chi connectivity index (χ4n) is 5.10. The van der Waals surface area contributed by atoms with Gasteiger partial charge in [-0.25, -0.2) is 4.98 Å². The van der Waals surface area contributed by atoms with Gasteiger partial charge < -0.3 is 15.2 Å². The predicted molar refractivity (Wildman–Crippen MR) is 167 cm³/mol. The number of hydrogen-bond acceptors (Lipinski definition) is 5. The molecule has 0 aliphatic heterocycles. The first kappa shape index (κ1) is 29.7. The lowest BCUT2D eigenvalue weighted by atomic mass is 9.95. The number of nitrogens with zero attached hydrogens (tertiary/aromatic N) is 3. The standard InChI is InChI=1S/C36H31N5O3/c37-23-27-12-9-15-29(22-27)33(35(43)39-20-18-26-10-3-1-4-11-26)41(21-19-30-24-38-25-40-30)36(44)32-17-8-7-16-31(32)34(42)28-13-5-2-6-14-28/h1-17,22,24-25,33H,18-21H2,(H,38,40)(H,39,43). The van der Waals surface area contributed by atoms with Gasteiger partial charge in [0.2, 0.25) is 5.91 Å². The zero-order valence-electron chi connectivity index (χ0n) is 24.0. The third-order valence-corrected chi connectivity index (χ3v) is 7.32. The van der Waals surface area contributed by atoms with Gasteiger partial charge in [0.25, 0.3) is 5.91 Å². The van der Waals surface area contributed by atoms with Gasteiger partial charge in [0.1, 0.15) is 6.04 Å². The van der Waals surface area contributed by atoms with E-state index in [4.69, 9.17) is 0 Å². The lowest BCUT2D eigenvalue weighted by molar-refractivity contribution is -0.125. The Morgan fingerprint density at radius 1 is 0.841 bits per heavy atom. The predicted octanol–water partition coefficient (Wildman–Crippen LogP) is 5.30. The zero-order chi connectivity index (χ0) is 30.7. The number of benzene rings is 4. The first-order chi connectivity index (χ1) is 21.5. The smallest absolute Gasteiger partial charge is 0.255 e. The molecule has 1 heterocycles. The quantitative estimate of drug-likeness (QED) is 0.194. The Kier molecular flexibility index (Phi) is 9.70. The van der Waals surface area contributed by atoms with Gasteiger partial charge in [-0.3, -0.25) is 14.4 Å². The minimum Gasteiger partial charge on any atom is -0.354 e. The summed E-state index contributed by atoms with van der Waals surface area (Å²) >= 11 is 0. The number of ketones is 1. The zero-order valence-corrected chi connectivity index (χ0v) is 24.0. The monoisotopic (exact) mass is 581 g/mol. The van der Waals surface area contributed by atoms with E-state index in [9.17, 15) is 19.6 Å². The van der Waals surface area contributed by atoms with Crippen molar-refractivity contribution in [1.82, 2.24) is 20.2 Å². The number of hydrogen-bond donors (Lipinski definition) is 2. The molecule has 218 valence electrons. The molecule has 2 amide bonds. The Hall–Kier alpha value is -5.81. The Bertz CT molecular complexity index is 1760. The molecule has 0 saturated heterocycles. The molecule has 1 unspecified atom stereocenters. The van der Waals surface area contributed by atoms with Crippen LogP contribution in [0.4, 0.5) is 0 Å². The lowest BCUT2D eigenvalue weighted by Crippen LogP contribution is -2.45. The third-order valence-electron chi connectivity index (χ3n) is 7.32. The fourth-order valence-corrected chi connectivity index (χ4v) is 5.10. The van der Waals surface area contributed by atoms with Crippen LogP contribution in [0.15, 0.2) is 122 Å². The second-order valence-electron chi connectivity index (χ2n) is 10.2. The largest absolute Gasteiger partial charge is 0.354 e. The summed E-state index contributed by atoms with van der Waals surface area (Å²) in [6.07, 6.45) is 4.21. The van der Waals surface area contributed by atoms with Crippen molar-refractivity contribution in [2.45, 2.75) is 18.9 Å². The van der Waals surface area contributed by atoms with E-state index in [1.54, 1.807) is 85.3 Å². The van der Waals surface area contributed by atoms with Crippen LogP contribution < -0.4 is 5.32 Å². The summed E-state index contributed by atoms with van der Waals surface area (Å²) in [5.41, 5.74) is 3.58. The van der Waals surface area contributed by atoms with Gasteiger partial charge in [-0.15, -0.1) is 0 Å². The van der Waals surface area contributed by atoms with Crippen LogP contribution >= 0.6 is 0 Å². The number of aromatic nitrogens is 2. The number of amides is 2. The average Bonchev–Trinajstić information content (AvgIpc) is 3.60. The average molecular weight is 582 g/mol. The van der Waals surface area contributed by atoms with E-state index in [1.165, 1.54) is 4.90 Å². The highest BCUT2D eigenvalue weighted by Crippen LogP contribution is 2.27. The van der Waals surface area contributed by atoms with E-state index in [1.807, 2.05) is 36.4 Å². The molecule has 8 nitrogen and oxygen atoms in total. The minimum atomic E-state index is -1.07. The molecule has 0 radical (unpaired) electrons. The van der Waals surface area contributed by atoms with E-state index in [0.717, 1.165) is 11.3 Å². The van der Waals surface area contributed by atoms with Crippen LogP contribution in [0, 0.1) is 11.3 Å². The number of rotatable bonds is 12.